The molecule has 0 unspecified atom stereocenters. The van der Waals surface area contributed by atoms with Crippen LogP contribution in [-0.2, 0) is 9.53 Å². The molecule has 0 aromatic heterocycles. The molecular formula is C14H17NO2. The summed E-state index contributed by atoms with van der Waals surface area (Å²) in [5, 5.41) is 0. The molecule has 1 aromatic rings. The van der Waals surface area contributed by atoms with Crippen LogP contribution in [-0.4, -0.2) is 12.6 Å². The summed E-state index contributed by atoms with van der Waals surface area (Å²) in [5.74, 6) is -0.407. The van der Waals surface area contributed by atoms with Gasteiger partial charge in [0.2, 0.25) is 0 Å². The summed E-state index contributed by atoms with van der Waals surface area (Å²) >= 11 is 0. The summed E-state index contributed by atoms with van der Waals surface area (Å²) in [6.07, 6.45) is 2.13. The van der Waals surface area contributed by atoms with Crippen molar-refractivity contribution >= 4 is 11.5 Å². The fourth-order valence-corrected chi connectivity index (χ4v) is 1.42. The van der Waals surface area contributed by atoms with Crippen LogP contribution in [0.15, 0.2) is 48.7 Å². The standard InChI is InChI=1S/C14H17NO2/c1-3-10-17-14(16)13(12(15)4-2)11-8-6-5-7-9-11/h3,5-9H,1,4,10,15H2,2H3. The number of hydrogen-bond acceptors (Lipinski definition) is 3. The molecular weight excluding hydrogens is 214 g/mol. The molecule has 90 valence electrons. The quantitative estimate of drug-likeness (QED) is 0.481. The molecule has 0 aliphatic rings. The molecule has 0 saturated carbocycles. The van der Waals surface area contributed by atoms with Crippen molar-refractivity contribution in [3.05, 3.63) is 54.2 Å². The summed E-state index contributed by atoms with van der Waals surface area (Å²) in [5.41, 5.74) is 7.63. The first-order valence-electron chi connectivity index (χ1n) is 5.52. The van der Waals surface area contributed by atoms with Crippen molar-refractivity contribution in [3.8, 4) is 0 Å². The van der Waals surface area contributed by atoms with Gasteiger partial charge >= 0.3 is 5.97 Å². The van der Waals surface area contributed by atoms with Crippen LogP contribution in [0.1, 0.15) is 18.9 Å². The summed E-state index contributed by atoms with van der Waals surface area (Å²) in [7, 11) is 0. The van der Waals surface area contributed by atoms with E-state index in [0.717, 1.165) is 5.56 Å². The predicted octanol–water partition coefficient (Wildman–Crippen LogP) is 2.50. The van der Waals surface area contributed by atoms with Crippen LogP contribution >= 0.6 is 0 Å². The fourth-order valence-electron chi connectivity index (χ4n) is 1.42. The van der Waals surface area contributed by atoms with Crippen LogP contribution in [0.4, 0.5) is 0 Å². The van der Waals surface area contributed by atoms with Gasteiger partial charge in [-0.1, -0.05) is 49.9 Å². The number of benzene rings is 1. The van der Waals surface area contributed by atoms with E-state index in [4.69, 9.17) is 10.5 Å². The van der Waals surface area contributed by atoms with Gasteiger partial charge in [-0.15, -0.1) is 0 Å². The van der Waals surface area contributed by atoms with Gasteiger partial charge in [-0.3, -0.25) is 0 Å². The van der Waals surface area contributed by atoms with E-state index in [1.165, 1.54) is 6.08 Å². The van der Waals surface area contributed by atoms with E-state index in [2.05, 4.69) is 6.58 Å². The Labute approximate surface area is 102 Å². The van der Waals surface area contributed by atoms with Gasteiger partial charge < -0.3 is 10.5 Å². The monoisotopic (exact) mass is 231 g/mol. The first kappa shape index (κ1) is 13.0. The maximum absolute atomic E-state index is 11.9. The molecule has 0 fully saturated rings. The number of hydrogen-bond donors (Lipinski definition) is 1. The van der Waals surface area contributed by atoms with Crippen molar-refractivity contribution in [2.24, 2.45) is 5.73 Å². The molecule has 0 radical (unpaired) electrons. The lowest BCUT2D eigenvalue weighted by molar-refractivity contribution is -0.135. The van der Waals surface area contributed by atoms with Crippen molar-refractivity contribution in [2.75, 3.05) is 6.61 Å². The third-order valence-corrected chi connectivity index (χ3v) is 2.30. The number of carbonyl (C=O) groups is 1. The second-order valence-electron chi connectivity index (χ2n) is 3.51. The molecule has 0 bridgehead atoms. The molecule has 0 amide bonds. The number of ether oxygens (including phenoxy) is 1. The van der Waals surface area contributed by atoms with E-state index < -0.39 is 5.97 Å². The summed E-state index contributed by atoms with van der Waals surface area (Å²) < 4.78 is 5.04. The minimum absolute atomic E-state index is 0.187. The topological polar surface area (TPSA) is 52.3 Å². The second-order valence-corrected chi connectivity index (χ2v) is 3.51. The van der Waals surface area contributed by atoms with Crippen LogP contribution in [0.25, 0.3) is 5.57 Å². The van der Waals surface area contributed by atoms with Gasteiger partial charge in [0.15, 0.2) is 0 Å². The lowest BCUT2D eigenvalue weighted by Gasteiger charge is -2.10. The highest BCUT2D eigenvalue weighted by Crippen LogP contribution is 2.19. The van der Waals surface area contributed by atoms with Crippen LogP contribution in [0.5, 0.6) is 0 Å². The third-order valence-electron chi connectivity index (χ3n) is 2.30. The Balaban J connectivity index is 3.06. The van der Waals surface area contributed by atoms with Crippen molar-refractivity contribution in [3.63, 3.8) is 0 Å². The minimum atomic E-state index is -0.407. The lowest BCUT2D eigenvalue weighted by atomic mass is 10.0. The van der Waals surface area contributed by atoms with Gasteiger partial charge in [0.1, 0.15) is 6.61 Å². The molecule has 0 atom stereocenters. The van der Waals surface area contributed by atoms with Crippen molar-refractivity contribution in [1.29, 1.82) is 0 Å². The van der Waals surface area contributed by atoms with Crippen LogP contribution < -0.4 is 5.73 Å². The van der Waals surface area contributed by atoms with E-state index in [-0.39, 0.29) is 6.61 Å². The van der Waals surface area contributed by atoms with E-state index in [1.807, 2.05) is 37.3 Å². The summed E-state index contributed by atoms with van der Waals surface area (Å²) in [4.78, 5) is 11.9. The molecule has 0 aliphatic heterocycles. The Morgan fingerprint density at radius 3 is 2.59 bits per heavy atom. The zero-order chi connectivity index (χ0) is 12.7. The fraction of sp³-hybridized carbons (Fsp3) is 0.214. The van der Waals surface area contributed by atoms with Crippen LogP contribution in [0.2, 0.25) is 0 Å². The zero-order valence-electron chi connectivity index (χ0n) is 9.98. The average molecular weight is 231 g/mol. The number of carbonyl (C=O) groups excluding carboxylic acids is 1. The SMILES string of the molecule is C=CCOC(=O)C(=C(N)CC)c1ccccc1. The summed E-state index contributed by atoms with van der Waals surface area (Å²) in [6, 6.07) is 9.29. The highest BCUT2D eigenvalue weighted by molar-refractivity contribution is 6.17. The van der Waals surface area contributed by atoms with Crippen LogP contribution in [0.3, 0.4) is 0 Å². The molecule has 0 aliphatic carbocycles. The Bertz CT molecular complexity index is 421. The van der Waals surface area contributed by atoms with E-state index >= 15 is 0 Å². The maximum atomic E-state index is 11.9. The first-order chi connectivity index (χ1) is 8.20. The number of allylic oxidation sites excluding steroid dienone is 1. The van der Waals surface area contributed by atoms with Gasteiger partial charge in [-0.25, -0.2) is 4.79 Å². The predicted molar refractivity (Wildman–Crippen MR) is 69.0 cm³/mol. The minimum Gasteiger partial charge on any atom is -0.458 e. The Morgan fingerprint density at radius 2 is 2.06 bits per heavy atom. The van der Waals surface area contributed by atoms with Gasteiger partial charge in [-0.2, -0.15) is 0 Å². The molecule has 1 rings (SSSR count). The molecule has 3 heteroatoms. The average Bonchev–Trinajstić information content (AvgIpc) is 2.37. The lowest BCUT2D eigenvalue weighted by Crippen LogP contribution is -2.13. The van der Waals surface area contributed by atoms with E-state index in [9.17, 15) is 4.79 Å². The molecule has 1 aromatic carbocycles. The highest BCUT2D eigenvalue weighted by atomic mass is 16.5. The van der Waals surface area contributed by atoms with Crippen LogP contribution in [0, 0.1) is 0 Å². The Morgan fingerprint density at radius 1 is 1.41 bits per heavy atom. The van der Waals surface area contributed by atoms with E-state index in [1.54, 1.807) is 0 Å². The van der Waals surface area contributed by atoms with Gasteiger partial charge in [0, 0.05) is 5.70 Å². The van der Waals surface area contributed by atoms with Crippen molar-refractivity contribution < 1.29 is 9.53 Å². The Kier molecular flexibility index (Phi) is 5.01. The van der Waals surface area contributed by atoms with E-state index in [0.29, 0.717) is 17.7 Å². The molecule has 0 spiro atoms. The Hall–Kier alpha value is -2.03. The van der Waals surface area contributed by atoms with Gasteiger partial charge in [0.05, 0.1) is 5.57 Å². The highest BCUT2D eigenvalue weighted by Gasteiger charge is 2.16. The second kappa shape index (κ2) is 6.53. The maximum Gasteiger partial charge on any atom is 0.340 e. The molecule has 17 heavy (non-hydrogen) atoms. The normalized spacial score (nSPS) is 11.6. The molecule has 3 nitrogen and oxygen atoms in total. The molecule has 0 heterocycles. The molecule has 0 saturated heterocycles. The smallest absolute Gasteiger partial charge is 0.340 e. The largest absolute Gasteiger partial charge is 0.458 e. The number of nitrogens with two attached hydrogens (primary N) is 1. The van der Waals surface area contributed by atoms with Crippen molar-refractivity contribution in [2.45, 2.75) is 13.3 Å². The number of rotatable bonds is 5. The first-order valence-corrected chi connectivity index (χ1v) is 5.52. The van der Waals surface area contributed by atoms with Crippen molar-refractivity contribution in [1.82, 2.24) is 0 Å². The number of esters is 1. The third kappa shape index (κ3) is 3.48. The van der Waals surface area contributed by atoms with Gasteiger partial charge in [0.25, 0.3) is 0 Å². The van der Waals surface area contributed by atoms with Gasteiger partial charge in [-0.05, 0) is 12.0 Å². The zero-order valence-corrected chi connectivity index (χ0v) is 9.98. The molecule has 2 N–H and O–H groups in total. The summed E-state index contributed by atoms with van der Waals surface area (Å²) in [6.45, 7) is 5.59.